The quantitative estimate of drug-likeness (QED) is 0.727. The molecule has 1 unspecified atom stereocenters. The Bertz CT molecular complexity index is 536. The van der Waals surface area contributed by atoms with Gasteiger partial charge in [-0.15, -0.1) is 11.3 Å². The van der Waals surface area contributed by atoms with E-state index in [9.17, 15) is 4.79 Å². The van der Waals surface area contributed by atoms with Crippen LogP contribution < -0.4 is 0 Å². The van der Waals surface area contributed by atoms with Crippen LogP contribution in [0.25, 0.3) is 0 Å². The van der Waals surface area contributed by atoms with Crippen LogP contribution in [0.3, 0.4) is 0 Å². The first-order valence-corrected chi connectivity index (χ1v) is 8.09. The Labute approximate surface area is 131 Å². The van der Waals surface area contributed by atoms with E-state index in [1.807, 2.05) is 42.3 Å². The molecular weight excluding hydrogens is 369 g/mol. The topological polar surface area (TPSA) is 20.3 Å². The van der Waals surface area contributed by atoms with Gasteiger partial charge in [0, 0.05) is 33.5 Å². The van der Waals surface area contributed by atoms with Gasteiger partial charge in [0.05, 0.1) is 0 Å². The Hall–Kier alpha value is -0.880. The van der Waals surface area contributed by atoms with Gasteiger partial charge in [0.15, 0.2) is 0 Å². The number of hydrogen-bond donors (Lipinski definition) is 0. The molecule has 0 radical (unpaired) electrons. The van der Waals surface area contributed by atoms with E-state index in [1.54, 1.807) is 11.3 Å². The Morgan fingerprint density at radius 2 is 2.00 bits per heavy atom. The van der Waals surface area contributed by atoms with Crippen LogP contribution in [0.2, 0.25) is 0 Å². The van der Waals surface area contributed by atoms with Gasteiger partial charge < -0.3 is 4.90 Å². The second-order valence-corrected chi connectivity index (χ2v) is 6.83. The summed E-state index contributed by atoms with van der Waals surface area (Å²) >= 11 is 3.98. The molecule has 0 N–H and O–H groups in total. The van der Waals surface area contributed by atoms with Gasteiger partial charge in [-0.05, 0) is 65.2 Å². The maximum absolute atomic E-state index is 12.4. The van der Waals surface area contributed by atoms with E-state index in [0.29, 0.717) is 0 Å². The van der Waals surface area contributed by atoms with Crippen molar-refractivity contribution in [2.75, 3.05) is 7.05 Å². The van der Waals surface area contributed by atoms with E-state index in [0.717, 1.165) is 15.6 Å². The van der Waals surface area contributed by atoms with Crippen LogP contribution in [0.1, 0.15) is 22.2 Å². The van der Waals surface area contributed by atoms with Crippen molar-refractivity contribution in [1.82, 2.24) is 4.90 Å². The van der Waals surface area contributed by atoms with Crippen molar-refractivity contribution in [3.63, 3.8) is 0 Å². The molecule has 1 aromatic heterocycles. The van der Waals surface area contributed by atoms with Gasteiger partial charge in [-0.1, -0.05) is 6.07 Å². The first kappa shape index (κ1) is 14.5. The largest absolute Gasteiger partial charge is 0.339 e. The van der Waals surface area contributed by atoms with E-state index >= 15 is 0 Å². The van der Waals surface area contributed by atoms with Gasteiger partial charge in [0.1, 0.15) is 0 Å². The van der Waals surface area contributed by atoms with Crippen LogP contribution in [0.5, 0.6) is 0 Å². The zero-order valence-corrected chi connectivity index (χ0v) is 13.9. The fraction of sp³-hybridized carbons (Fsp3) is 0.267. The number of hydrogen-bond acceptors (Lipinski definition) is 2. The summed E-state index contributed by atoms with van der Waals surface area (Å²) in [4.78, 5) is 15.5. The number of amides is 1. The van der Waals surface area contributed by atoms with Crippen LogP contribution in [0, 0.1) is 3.57 Å². The molecule has 0 spiro atoms. The first-order chi connectivity index (χ1) is 9.08. The Balaban J connectivity index is 2.04. The second-order valence-electron chi connectivity index (χ2n) is 4.56. The highest BCUT2D eigenvalue weighted by Gasteiger charge is 2.17. The fourth-order valence-corrected chi connectivity index (χ4v) is 3.04. The van der Waals surface area contributed by atoms with Gasteiger partial charge in [0.25, 0.3) is 5.91 Å². The molecule has 1 amide bonds. The van der Waals surface area contributed by atoms with Crippen LogP contribution in [-0.2, 0) is 6.42 Å². The van der Waals surface area contributed by atoms with Gasteiger partial charge >= 0.3 is 0 Å². The number of benzene rings is 1. The number of rotatable bonds is 4. The lowest BCUT2D eigenvalue weighted by molar-refractivity contribution is 0.0744. The number of thiophene rings is 1. The molecule has 0 aliphatic rings. The molecule has 100 valence electrons. The van der Waals surface area contributed by atoms with Gasteiger partial charge in [-0.25, -0.2) is 0 Å². The molecule has 0 aliphatic heterocycles. The maximum atomic E-state index is 12.4. The van der Waals surface area contributed by atoms with Crippen molar-refractivity contribution in [2.45, 2.75) is 19.4 Å². The average molecular weight is 385 g/mol. The van der Waals surface area contributed by atoms with Crippen molar-refractivity contribution < 1.29 is 4.79 Å². The molecule has 1 aromatic carbocycles. The predicted molar refractivity (Wildman–Crippen MR) is 88.7 cm³/mol. The first-order valence-electron chi connectivity index (χ1n) is 6.13. The van der Waals surface area contributed by atoms with Crippen molar-refractivity contribution in [3.05, 3.63) is 55.8 Å². The third kappa shape index (κ3) is 3.79. The van der Waals surface area contributed by atoms with Crippen molar-refractivity contribution in [3.8, 4) is 0 Å². The van der Waals surface area contributed by atoms with Gasteiger partial charge in [0.2, 0.25) is 0 Å². The zero-order valence-electron chi connectivity index (χ0n) is 11.0. The van der Waals surface area contributed by atoms with Crippen LogP contribution in [0.15, 0.2) is 41.8 Å². The summed E-state index contributed by atoms with van der Waals surface area (Å²) < 4.78 is 1.14. The van der Waals surface area contributed by atoms with Crippen LogP contribution in [-0.4, -0.2) is 23.9 Å². The highest BCUT2D eigenvalue weighted by Crippen LogP contribution is 2.16. The van der Waals surface area contributed by atoms with E-state index < -0.39 is 0 Å². The van der Waals surface area contributed by atoms with Crippen LogP contribution >= 0.6 is 33.9 Å². The average Bonchev–Trinajstić information content (AvgIpc) is 2.90. The highest BCUT2D eigenvalue weighted by molar-refractivity contribution is 14.1. The van der Waals surface area contributed by atoms with Gasteiger partial charge in [-0.2, -0.15) is 0 Å². The summed E-state index contributed by atoms with van der Waals surface area (Å²) in [7, 11) is 1.87. The van der Waals surface area contributed by atoms with Crippen molar-refractivity contribution in [1.29, 1.82) is 0 Å². The Morgan fingerprint density at radius 1 is 1.32 bits per heavy atom. The minimum atomic E-state index is 0.0838. The number of nitrogens with zero attached hydrogens (tertiary/aromatic N) is 1. The summed E-state index contributed by atoms with van der Waals surface area (Å²) in [5, 5.41) is 2.07. The maximum Gasteiger partial charge on any atom is 0.253 e. The molecule has 2 nitrogen and oxygen atoms in total. The summed E-state index contributed by atoms with van der Waals surface area (Å²) in [6.45, 7) is 2.09. The lowest BCUT2D eigenvalue weighted by atomic mass is 10.1. The standard InChI is InChI=1S/C15H16INOS/c1-11(10-14-4-3-9-19-14)17(2)15(18)12-5-7-13(16)8-6-12/h3-9,11H,10H2,1-2H3. The molecule has 1 heterocycles. The molecule has 0 saturated heterocycles. The second kappa shape index (κ2) is 6.52. The smallest absolute Gasteiger partial charge is 0.253 e. The minimum absolute atomic E-state index is 0.0838. The van der Waals surface area contributed by atoms with Crippen molar-refractivity contribution >= 4 is 39.8 Å². The summed E-state index contributed by atoms with van der Waals surface area (Å²) in [5.41, 5.74) is 0.751. The lowest BCUT2D eigenvalue weighted by Crippen LogP contribution is -2.36. The predicted octanol–water partition coefficient (Wildman–Crippen LogP) is 4.06. The highest BCUT2D eigenvalue weighted by atomic mass is 127. The number of halogens is 1. The lowest BCUT2D eigenvalue weighted by Gasteiger charge is -2.24. The molecular formula is C15H16INOS. The van der Waals surface area contributed by atoms with E-state index in [-0.39, 0.29) is 11.9 Å². The number of likely N-dealkylation sites (N-methyl/N-ethyl adjacent to an activating group) is 1. The Morgan fingerprint density at radius 3 is 2.58 bits per heavy atom. The summed E-state index contributed by atoms with van der Waals surface area (Å²) in [6, 6.07) is 12.1. The molecule has 2 rings (SSSR count). The SMILES string of the molecule is CC(Cc1cccs1)N(C)C(=O)c1ccc(I)cc1. The molecule has 0 aliphatic carbocycles. The third-order valence-corrected chi connectivity index (χ3v) is 4.77. The normalized spacial score (nSPS) is 12.2. The third-order valence-electron chi connectivity index (χ3n) is 3.15. The monoisotopic (exact) mass is 385 g/mol. The summed E-state index contributed by atoms with van der Waals surface area (Å²) in [6.07, 6.45) is 0.907. The molecule has 4 heteroatoms. The number of carbonyl (C=O) groups is 1. The number of carbonyl (C=O) groups excluding carboxylic acids is 1. The minimum Gasteiger partial charge on any atom is -0.339 e. The molecule has 2 aromatic rings. The molecule has 1 atom stereocenters. The van der Waals surface area contributed by atoms with E-state index in [4.69, 9.17) is 0 Å². The van der Waals surface area contributed by atoms with Crippen molar-refractivity contribution in [2.24, 2.45) is 0 Å². The van der Waals surface area contributed by atoms with E-state index in [1.165, 1.54) is 4.88 Å². The van der Waals surface area contributed by atoms with E-state index in [2.05, 4.69) is 41.0 Å². The van der Waals surface area contributed by atoms with Gasteiger partial charge in [-0.3, -0.25) is 4.79 Å². The summed E-state index contributed by atoms with van der Waals surface area (Å²) in [5.74, 6) is 0.0838. The molecule has 0 fully saturated rings. The fourth-order valence-electron chi connectivity index (χ4n) is 1.85. The van der Waals surface area contributed by atoms with Crippen LogP contribution in [0.4, 0.5) is 0 Å². The zero-order chi connectivity index (χ0) is 13.8. The molecule has 0 saturated carbocycles. The Kier molecular flexibility index (Phi) is 4.99. The molecule has 19 heavy (non-hydrogen) atoms. The molecule has 0 bridgehead atoms.